The molecule has 0 unspecified atom stereocenters. The van der Waals surface area contributed by atoms with Gasteiger partial charge in [-0.25, -0.2) is 11.3 Å². The van der Waals surface area contributed by atoms with E-state index in [1.807, 2.05) is 31.2 Å². The van der Waals surface area contributed by atoms with Gasteiger partial charge in [0.25, 0.3) is 0 Å². The molecule has 12 heteroatoms. The number of likely N-dealkylation sites (tertiary alicyclic amines) is 1. The number of nitrogens with zero attached hydrogens (tertiary/aromatic N) is 6. The van der Waals surface area contributed by atoms with E-state index in [1.54, 1.807) is 28.8 Å². The molecule has 2 aromatic carbocycles. The number of tetrazole rings is 1. The minimum Gasteiger partial charge on any atom is -0.366 e. The van der Waals surface area contributed by atoms with Crippen molar-refractivity contribution < 1.29 is 14.4 Å². The van der Waals surface area contributed by atoms with Crippen molar-refractivity contribution >= 4 is 17.7 Å². The molecule has 2 heterocycles. The lowest BCUT2D eigenvalue weighted by atomic mass is 9.67. The summed E-state index contributed by atoms with van der Waals surface area (Å²) in [7, 11) is 1.77. The Morgan fingerprint density at radius 3 is 2.22 bits per heavy atom. The zero-order valence-electron chi connectivity index (χ0n) is 23.1. The molecular weight excluding hydrogens is 522 g/mol. The molecule has 1 aromatic heterocycles. The SMILES string of the molecule is [C-]#[N+][C@@H]1CCCN1C(=O)CN[C@H](C)CC1(c2nnnn2C)c2ccc(C(N)=O)cc2CCc2cc(C(N)=O)ccc21. The summed E-state index contributed by atoms with van der Waals surface area (Å²) >= 11 is 0. The van der Waals surface area contributed by atoms with E-state index in [0.29, 0.717) is 49.2 Å². The lowest BCUT2D eigenvalue weighted by Crippen LogP contribution is -2.45. The number of nitrogens with one attached hydrogen (secondary N) is 1. The molecule has 0 spiro atoms. The van der Waals surface area contributed by atoms with Crippen LogP contribution in [0.25, 0.3) is 4.85 Å². The summed E-state index contributed by atoms with van der Waals surface area (Å²) < 4.78 is 1.63. The van der Waals surface area contributed by atoms with Crippen LogP contribution in [0.5, 0.6) is 0 Å². The highest BCUT2D eigenvalue weighted by molar-refractivity contribution is 5.94. The van der Waals surface area contributed by atoms with Crippen LogP contribution in [0.1, 0.15) is 75.0 Å². The molecule has 0 saturated carbocycles. The number of aromatic nitrogens is 4. The Morgan fingerprint density at radius 1 is 1.10 bits per heavy atom. The summed E-state index contributed by atoms with van der Waals surface area (Å²) in [4.78, 5) is 42.5. The van der Waals surface area contributed by atoms with E-state index >= 15 is 0 Å². The monoisotopic (exact) mass is 555 g/mol. The van der Waals surface area contributed by atoms with Crippen LogP contribution in [-0.4, -0.2) is 68.1 Å². The predicted molar refractivity (Wildman–Crippen MR) is 149 cm³/mol. The lowest BCUT2D eigenvalue weighted by molar-refractivity contribution is -0.130. The second kappa shape index (κ2) is 11.1. The minimum absolute atomic E-state index is 0.0846. The maximum Gasteiger partial charge on any atom is 0.300 e. The van der Waals surface area contributed by atoms with Crippen molar-refractivity contribution in [3.63, 3.8) is 0 Å². The van der Waals surface area contributed by atoms with Crippen LogP contribution in [0.2, 0.25) is 0 Å². The number of amides is 3. The average Bonchev–Trinajstić information content (AvgIpc) is 3.59. The van der Waals surface area contributed by atoms with Crippen LogP contribution in [0.4, 0.5) is 0 Å². The molecule has 3 aromatic rings. The molecule has 0 radical (unpaired) electrons. The first-order valence-electron chi connectivity index (χ1n) is 13.6. The number of nitrogens with two attached hydrogens (primary N) is 2. The average molecular weight is 556 g/mol. The van der Waals surface area contributed by atoms with Gasteiger partial charge in [-0.05, 0) is 89.6 Å². The molecule has 0 bridgehead atoms. The first-order valence-corrected chi connectivity index (χ1v) is 13.6. The molecular formula is C29H33N9O3. The van der Waals surface area contributed by atoms with Crippen LogP contribution < -0.4 is 16.8 Å². The van der Waals surface area contributed by atoms with Gasteiger partial charge in [0.05, 0.1) is 12.0 Å². The summed E-state index contributed by atoms with van der Waals surface area (Å²) in [6.45, 7) is 10.1. The van der Waals surface area contributed by atoms with E-state index in [9.17, 15) is 14.4 Å². The van der Waals surface area contributed by atoms with Crippen molar-refractivity contribution in [1.29, 1.82) is 0 Å². The van der Waals surface area contributed by atoms with Gasteiger partial charge in [0.2, 0.25) is 17.7 Å². The molecule has 12 nitrogen and oxygen atoms in total. The number of benzene rings is 2. The number of primary amides is 2. The molecule has 1 aliphatic carbocycles. The van der Waals surface area contributed by atoms with Gasteiger partial charge < -0.3 is 16.8 Å². The summed E-state index contributed by atoms with van der Waals surface area (Å²) in [5, 5.41) is 16.0. The van der Waals surface area contributed by atoms with Gasteiger partial charge in [-0.3, -0.25) is 24.1 Å². The first-order chi connectivity index (χ1) is 19.6. The summed E-state index contributed by atoms with van der Waals surface area (Å²) in [5.74, 6) is -0.578. The fourth-order valence-corrected chi connectivity index (χ4v) is 6.37. The first kappa shape index (κ1) is 27.9. The Balaban J connectivity index is 1.62. The summed E-state index contributed by atoms with van der Waals surface area (Å²) in [5.41, 5.74) is 14.8. The van der Waals surface area contributed by atoms with Crippen LogP contribution >= 0.6 is 0 Å². The highest BCUT2D eigenvalue weighted by Crippen LogP contribution is 2.47. The van der Waals surface area contributed by atoms with E-state index in [2.05, 4.69) is 25.7 Å². The van der Waals surface area contributed by atoms with Crippen LogP contribution in [0, 0.1) is 6.57 Å². The molecule has 5 N–H and O–H groups in total. The van der Waals surface area contributed by atoms with Gasteiger partial charge in [0.1, 0.15) is 0 Å². The zero-order chi connectivity index (χ0) is 29.3. The highest BCUT2D eigenvalue weighted by Gasteiger charge is 2.46. The maximum atomic E-state index is 13.0. The highest BCUT2D eigenvalue weighted by atomic mass is 16.2. The number of hydrogen-bond donors (Lipinski definition) is 3. The predicted octanol–water partition coefficient (Wildman–Crippen LogP) is 1.08. The standard InChI is InChI=1S/C29H33N9O3/c1-17(33-16-25(39)38-12-4-5-24(38)32-2)15-29(28-34-35-36-37(28)3)22-10-8-20(26(30)40)13-18(22)6-7-19-14-21(27(31)41)9-11-23(19)29/h8-11,13-14,17,24,33H,4-7,12,15-16H2,1,3H3,(H2,30,40)(H2,31,41)/t17-,24+/m1/s1. The third-order valence-corrected chi connectivity index (χ3v) is 8.27. The Labute approximate surface area is 237 Å². The normalized spacial score (nSPS) is 18.1. The molecule has 2 atom stereocenters. The van der Waals surface area contributed by atoms with Gasteiger partial charge in [-0.1, -0.05) is 12.1 Å². The second-order valence-corrected chi connectivity index (χ2v) is 10.8. The largest absolute Gasteiger partial charge is 0.366 e. The van der Waals surface area contributed by atoms with Crippen molar-refractivity contribution in [3.05, 3.63) is 87.0 Å². The van der Waals surface area contributed by atoms with Crippen molar-refractivity contribution in [2.45, 2.75) is 56.7 Å². The smallest absolute Gasteiger partial charge is 0.300 e. The van der Waals surface area contributed by atoms with Gasteiger partial charge >= 0.3 is 6.17 Å². The number of carbonyl (C=O) groups excluding carboxylic acids is 3. The fraction of sp³-hybridized carbons (Fsp3) is 0.414. The van der Waals surface area contributed by atoms with Crippen LogP contribution in [0.3, 0.4) is 0 Å². The molecule has 3 amide bonds. The fourth-order valence-electron chi connectivity index (χ4n) is 6.37. The van der Waals surface area contributed by atoms with Gasteiger partial charge in [0.15, 0.2) is 5.82 Å². The van der Waals surface area contributed by atoms with E-state index < -0.39 is 23.4 Å². The van der Waals surface area contributed by atoms with Crippen molar-refractivity contribution in [3.8, 4) is 0 Å². The van der Waals surface area contributed by atoms with Gasteiger partial charge in [-0.2, -0.15) is 0 Å². The van der Waals surface area contributed by atoms with E-state index in [0.717, 1.165) is 28.7 Å². The molecule has 1 saturated heterocycles. The van der Waals surface area contributed by atoms with Gasteiger partial charge in [-0.15, -0.1) is 5.10 Å². The van der Waals surface area contributed by atoms with Crippen molar-refractivity contribution in [2.24, 2.45) is 18.5 Å². The second-order valence-electron chi connectivity index (χ2n) is 10.8. The number of hydrogen-bond acceptors (Lipinski definition) is 7. The molecule has 41 heavy (non-hydrogen) atoms. The molecule has 5 rings (SSSR count). The lowest BCUT2D eigenvalue weighted by Gasteiger charge is -2.37. The third-order valence-electron chi connectivity index (χ3n) is 8.27. The number of rotatable bonds is 8. The number of fused-ring (bicyclic) bond motifs is 2. The third kappa shape index (κ3) is 5.04. The Morgan fingerprint density at radius 2 is 1.71 bits per heavy atom. The van der Waals surface area contributed by atoms with E-state index in [1.165, 1.54) is 0 Å². The topological polar surface area (TPSA) is 166 Å². The molecule has 212 valence electrons. The number of carbonyl (C=O) groups is 3. The van der Waals surface area contributed by atoms with Crippen molar-refractivity contribution in [2.75, 3.05) is 13.1 Å². The van der Waals surface area contributed by atoms with Crippen LogP contribution in [-0.2, 0) is 30.1 Å². The van der Waals surface area contributed by atoms with Crippen LogP contribution in [0.15, 0.2) is 36.4 Å². The summed E-state index contributed by atoms with van der Waals surface area (Å²) in [6.07, 6.45) is 2.74. The quantitative estimate of drug-likeness (QED) is 0.350. The minimum atomic E-state index is -0.909. The molecule has 1 fully saturated rings. The molecule has 1 aliphatic heterocycles. The molecule has 2 aliphatic rings. The maximum absolute atomic E-state index is 13.0. The van der Waals surface area contributed by atoms with Crippen molar-refractivity contribution in [1.82, 2.24) is 30.4 Å². The zero-order valence-corrected chi connectivity index (χ0v) is 23.1. The van der Waals surface area contributed by atoms with Gasteiger partial charge in [0, 0.05) is 37.2 Å². The Kier molecular flexibility index (Phi) is 7.55. The Hall–Kier alpha value is -4.63. The Bertz CT molecular complexity index is 1490. The summed E-state index contributed by atoms with van der Waals surface area (Å²) in [6, 6.07) is 10.7. The van der Waals surface area contributed by atoms with E-state index in [-0.39, 0.29) is 18.5 Å². The van der Waals surface area contributed by atoms with E-state index in [4.69, 9.17) is 18.0 Å². The number of aryl methyl sites for hydroxylation is 3.